The van der Waals surface area contributed by atoms with Gasteiger partial charge in [-0.05, 0) is 24.3 Å². The Morgan fingerprint density at radius 1 is 1.53 bits per heavy atom. The highest BCUT2D eigenvalue weighted by atomic mass is 16.5. The van der Waals surface area contributed by atoms with Crippen molar-refractivity contribution in [1.29, 1.82) is 0 Å². The van der Waals surface area contributed by atoms with Crippen LogP contribution in [0.2, 0.25) is 0 Å². The van der Waals surface area contributed by atoms with Crippen LogP contribution in [0.15, 0.2) is 5.11 Å². The minimum Gasteiger partial charge on any atom is -0.384 e. The van der Waals surface area contributed by atoms with E-state index in [-0.39, 0.29) is 0 Å². The van der Waals surface area contributed by atoms with Gasteiger partial charge >= 0.3 is 0 Å². The third-order valence-corrected chi connectivity index (χ3v) is 4.37. The maximum Gasteiger partial charge on any atom is 0.0534 e. The summed E-state index contributed by atoms with van der Waals surface area (Å²) in [5.74, 6) is 0.780. The zero-order chi connectivity index (χ0) is 12.1. The second kappa shape index (κ2) is 5.71. The molecule has 2 fully saturated rings. The van der Waals surface area contributed by atoms with Gasteiger partial charge in [-0.25, -0.2) is 0 Å². The maximum absolute atomic E-state index is 8.30. The molecular weight excluding hydrogens is 216 g/mol. The van der Waals surface area contributed by atoms with Gasteiger partial charge in [-0.3, -0.25) is 0 Å². The molecular formula is C12H22N4O. The number of methoxy groups -OCH3 is 1. The molecule has 0 aromatic heterocycles. The minimum atomic E-state index is 0.378. The highest BCUT2D eigenvalue weighted by Gasteiger charge is 2.47. The van der Waals surface area contributed by atoms with Gasteiger partial charge in [0.15, 0.2) is 0 Å². The van der Waals surface area contributed by atoms with Crippen LogP contribution in [0.4, 0.5) is 0 Å². The fourth-order valence-corrected chi connectivity index (χ4v) is 3.62. The average molecular weight is 238 g/mol. The maximum atomic E-state index is 8.30. The van der Waals surface area contributed by atoms with Gasteiger partial charge < -0.3 is 9.64 Å². The van der Waals surface area contributed by atoms with Gasteiger partial charge in [-0.15, -0.1) is 0 Å². The summed E-state index contributed by atoms with van der Waals surface area (Å²) < 4.78 is 5.45. The van der Waals surface area contributed by atoms with E-state index in [1.165, 1.54) is 25.7 Å². The van der Waals surface area contributed by atoms with Crippen molar-refractivity contribution in [3.05, 3.63) is 10.4 Å². The molecule has 1 aliphatic carbocycles. The van der Waals surface area contributed by atoms with Crippen molar-refractivity contribution in [3.63, 3.8) is 0 Å². The van der Waals surface area contributed by atoms with Crippen molar-refractivity contribution in [2.75, 3.05) is 39.9 Å². The monoisotopic (exact) mass is 238 g/mol. The lowest BCUT2D eigenvalue weighted by molar-refractivity contribution is 0.0299. The van der Waals surface area contributed by atoms with Crippen LogP contribution in [0.25, 0.3) is 10.4 Å². The lowest BCUT2D eigenvalue weighted by atomic mass is 9.69. The number of ether oxygens (including phenoxy) is 1. The van der Waals surface area contributed by atoms with E-state index in [4.69, 9.17) is 10.3 Å². The summed E-state index contributed by atoms with van der Waals surface area (Å²) in [4.78, 5) is 5.26. The van der Waals surface area contributed by atoms with Crippen molar-refractivity contribution in [1.82, 2.24) is 4.90 Å². The Morgan fingerprint density at radius 3 is 3.18 bits per heavy atom. The molecule has 0 N–H and O–H groups in total. The zero-order valence-electron chi connectivity index (χ0n) is 10.6. The van der Waals surface area contributed by atoms with Crippen LogP contribution in [0.5, 0.6) is 0 Å². The molecule has 96 valence electrons. The Labute approximate surface area is 103 Å². The van der Waals surface area contributed by atoms with Crippen molar-refractivity contribution < 1.29 is 4.74 Å². The molecule has 5 heteroatoms. The molecule has 2 aliphatic rings. The summed E-state index contributed by atoms with van der Waals surface area (Å²) in [5, 5.41) is 3.63. The van der Waals surface area contributed by atoms with Gasteiger partial charge in [0, 0.05) is 43.6 Å². The summed E-state index contributed by atoms with van der Waals surface area (Å²) in [5.41, 5.74) is 8.68. The molecule has 2 atom stereocenters. The molecule has 0 aromatic rings. The standard InChI is InChI=1S/C12H22N4O/c1-17-10-12-5-3-2-4-11(12)8-16(9-12)7-6-14-15-13/h11H,2-10H2,1H3/t11-,12-/m0/s1. The molecule has 0 radical (unpaired) electrons. The number of hydrogen-bond donors (Lipinski definition) is 0. The van der Waals surface area contributed by atoms with Crippen LogP contribution in [0.3, 0.4) is 0 Å². The topological polar surface area (TPSA) is 61.2 Å². The Kier molecular flexibility index (Phi) is 4.26. The lowest BCUT2D eigenvalue weighted by Gasteiger charge is -2.38. The first-order chi connectivity index (χ1) is 8.30. The number of azide groups is 1. The molecule has 1 heterocycles. The van der Waals surface area contributed by atoms with Gasteiger partial charge in [0.05, 0.1) is 6.61 Å². The van der Waals surface area contributed by atoms with Crippen LogP contribution in [-0.2, 0) is 4.74 Å². The molecule has 0 spiro atoms. The third-order valence-electron chi connectivity index (χ3n) is 4.37. The van der Waals surface area contributed by atoms with Crippen molar-refractivity contribution in [2.24, 2.45) is 16.4 Å². The zero-order valence-corrected chi connectivity index (χ0v) is 10.6. The van der Waals surface area contributed by atoms with E-state index in [2.05, 4.69) is 14.9 Å². The third kappa shape index (κ3) is 2.73. The number of likely N-dealkylation sites (tertiary alicyclic amines) is 1. The Hall–Kier alpha value is -0.770. The Morgan fingerprint density at radius 2 is 2.41 bits per heavy atom. The van der Waals surface area contributed by atoms with Crippen LogP contribution in [-0.4, -0.2) is 44.8 Å². The lowest BCUT2D eigenvalue weighted by Crippen LogP contribution is -2.37. The first-order valence-corrected chi connectivity index (χ1v) is 6.53. The van der Waals surface area contributed by atoms with Crippen LogP contribution in [0.1, 0.15) is 25.7 Å². The van der Waals surface area contributed by atoms with E-state index in [1.807, 2.05) is 7.11 Å². The minimum absolute atomic E-state index is 0.378. The van der Waals surface area contributed by atoms with Gasteiger partial charge in [0.25, 0.3) is 0 Å². The molecule has 0 unspecified atom stereocenters. The molecule has 0 aromatic carbocycles. The second-order valence-corrected chi connectivity index (χ2v) is 5.43. The van der Waals surface area contributed by atoms with Crippen molar-refractivity contribution in [2.45, 2.75) is 25.7 Å². The average Bonchev–Trinajstić information content (AvgIpc) is 2.68. The van der Waals surface area contributed by atoms with Crippen LogP contribution in [0, 0.1) is 11.3 Å². The first kappa shape index (κ1) is 12.7. The first-order valence-electron chi connectivity index (χ1n) is 6.53. The molecule has 2 rings (SSSR count). The second-order valence-electron chi connectivity index (χ2n) is 5.43. The van der Waals surface area contributed by atoms with Crippen molar-refractivity contribution >= 4 is 0 Å². The van der Waals surface area contributed by atoms with E-state index in [0.29, 0.717) is 12.0 Å². The Balaban J connectivity index is 1.95. The molecule has 5 nitrogen and oxygen atoms in total. The molecule has 0 amide bonds. The van der Waals surface area contributed by atoms with E-state index < -0.39 is 0 Å². The molecule has 1 aliphatic heterocycles. The Bertz CT molecular complexity index is 299. The summed E-state index contributed by atoms with van der Waals surface area (Å²) in [6, 6.07) is 0. The summed E-state index contributed by atoms with van der Waals surface area (Å²) in [7, 11) is 1.81. The fourth-order valence-electron chi connectivity index (χ4n) is 3.62. The largest absolute Gasteiger partial charge is 0.384 e. The van der Waals surface area contributed by atoms with Gasteiger partial charge in [-0.2, -0.15) is 0 Å². The van der Waals surface area contributed by atoms with E-state index >= 15 is 0 Å². The summed E-state index contributed by atoms with van der Waals surface area (Å²) in [6.45, 7) is 4.64. The van der Waals surface area contributed by atoms with Gasteiger partial charge in [0.1, 0.15) is 0 Å². The predicted molar refractivity (Wildman–Crippen MR) is 66.7 cm³/mol. The van der Waals surface area contributed by atoms with E-state index in [9.17, 15) is 0 Å². The highest BCUT2D eigenvalue weighted by molar-refractivity contribution is 4.98. The van der Waals surface area contributed by atoms with Crippen LogP contribution < -0.4 is 0 Å². The number of hydrogen-bond acceptors (Lipinski definition) is 3. The highest BCUT2D eigenvalue weighted by Crippen LogP contribution is 2.46. The van der Waals surface area contributed by atoms with Gasteiger partial charge in [0.2, 0.25) is 0 Å². The predicted octanol–water partition coefficient (Wildman–Crippen LogP) is 2.44. The van der Waals surface area contributed by atoms with E-state index in [0.717, 1.165) is 32.2 Å². The fraction of sp³-hybridized carbons (Fsp3) is 1.00. The quantitative estimate of drug-likeness (QED) is 0.419. The number of rotatable bonds is 5. The van der Waals surface area contributed by atoms with Crippen molar-refractivity contribution in [3.8, 4) is 0 Å². The number of nitrogens with zero attached hydrogens (tertiary/aromatic N) is 4. The van der Waals surface area contributed by atoms with E-state index in [1.54, 1.807) is 0 Å². The summed E-state index contributed by atoms with van der Waals surface area (Å²) in [6.07, 6.45) is 5.33. The summed E-state index contributed by atoms with van der Waals surface area (Å²) >= 11 is 0. The number of fused-ring (bicyclic) bond motifs is 1. The smallest absolute Gasteiger partial charge is 0.0534 e. The SMILES string of the molecule is COC[C@@]12CCCC[C@H]1CN(CCN=[N+]=[N-])C2. The molecule has 1 saturated heterocycles. The van der Waals surface area contributed by atoms with Crippen LogP contribution >= 0.6 is 0 Å². The molecule has 1 saturated carbocycles. The molecule has 0 bridgehead atoms. The van der Waals surface area contributed by atoms with Gasteiger partial charge in [-0.1, -0.05) is 18.0 Å². The molecule has 17 heavy (non-hydrogen) atoms. The normalized spacial score (nSPS) is 33.1.